The number of carbonyl (C=O) groups excluding carboxylic acids is 1. The van der Waals surface area contributed by atoms with Gasteiger partial charge in [-0.3, -0.25) is 4.79 Å². The minimum Gasteiger partial charge on any atom is -0.352 e. The third kappa shape index (κ3) is 3.19. The number of amides is 1. The molecular weight excluding hydrogens is 230 g/mol. The Balaban J connectivity index is 2.54. The van der Waals surface area contributed by atoms with E-state index in [-0.39, 0.29) is 5.91 Å². The van der Waals surface area contributed by atoms with E-state index in [1.165, 1.54) is 0 Å². The Labute approximate surface area is 86.5 Å². The van der Waals surface area contributed by atoms with Crippen molar-refractivity contribution in [3.8, 4) is 0 Å². The summed E-state index contributed by atoms with van der Waals surface area (Å²) in [4.78, 5) is 11.0. The Bertz CT molecular complexity index is 299. The van der Waals surface area contributed by atoms with Crippen molar-refractivity contribution in [1.82, 2.24) is 5.32 Å². The molecule has 1 rings (SSSR count). The molecule has 0 fully saturated rings. The number of hydrogen-bond donors (Lipinski definition) is 1. The maximum atomic E-state index is 11.0. The van der Waals surface area contributed by atoms with Crippen molar-refractivity contribution in [2.45, 2.75) is 19.9 Å². The Morgan fingerprint density at radius 3 is 2.77 bits per heavy atom. The van der Waals surface area contributed by atoms with Crippen molar-refractivity contribution in [3.63, 3.8) is 0 Å². The van der Waals surface area contributed by atoms with Crippen molar-refractivity contribution in [3.05, 3.63) is 34.3 Å². The molecule has 1 aromatic rings. The molecule has 1 N–H and O–H groups in total. The van der Waals surface area contributed by atoms with Crippen LogP contribution in [0.25, 0.3) is 0 Å². The van der Waals surface area contributed by atoms with Gasteiger partial charge in [-0.25, -0.2) is 0 Å². The van der Waals surface area contributed by atoms with Crippen LogP contribution in [0.1, 0.15) is 18.9 Å². The van der Waals surface area contributed by atoms with Crippen LogP contribution in [-0.2, 0) is 11.3 Å². The number of rotatable bonds is 3. The topological polar surface area (TPSA) is 29.1 Å². The summed E-state index contributed by atoms with van der Waals surface area (Å²) in [5.41, 5.74) is 1.10. The highest BCUT2D eigenvalue weighted by Gasteiger charge is 1.99. The maximum Gasteiger partial charge on any atom is 0.219 e. The summed E-state index contributed by atoms with van der Waals surface area (Å²) < 4.78 is 1.03. The van der Waals surface area contributed by atoms with Gasteiger partial charge in [-0.15, -0.1) is 0 Å². The van der Waals surface area contributed by atoms with Crippen molar-refractivity contribution in [2.75, 3.05) is 0 Å². The van der Waals surface area contributed by atoms with E-state index in [0.29, 0.717) is 13.0 Å². The largest absolute Gasteiger partial charge is 0.352 e. The molecule has 2 nitrogen and oxygen atoms in total. The zero-order valence-electron chi connectivity index (χ0n) is 7.51. The average Bonchev–Trinajstić information content (AvgIpc) is 2.16. The van der Waals surface area contributed by atoms with Gasteiger partial charge in [0.15, 0.2) is 0 Å². The number of halogens is 1. The third-order valence-electron chi connectivity index (χ3n) is 1.75. The van der Waals surface area contributed by atoms with Gasteiger partial charge in [0.05, 0.1) is 0 Å². The van der Waals surface area contributed by atoms with Gasteiger partial charge in [-0.2, -0.15) is 0 Å². The maximum absolute atomic E-state index is 11.0. The Morgan fingerprint density at radius 2 is 2.15 bits per heavy atom. The van der Waals surface area contributed by atoms with E-state index in [9.17, 15) is 4.79 Å². The van der Waals surface area contributed by atoms with E-state index in [1.807, 2.05) is 31.2 Å². The zero-order chi connectivity index (χ0) is 9.68. The number of nitrogens with one attached hydrogen (secondary N) is 1. The summed E-state index contributed by atoms with van der Waals surface area (Å²) in [7, 11) is 0. The lowest BCUT2D eigenvalue weighted by Gasteiger charge is -2.05. The second kappa shape index (κ2) is 5.02. The van der Waals surface area contributed by atoms with Crippen molar-refractivity contribution in [2.24, 2.45) is 0 Å². The summed E-state index contributed by atoms with van der Waals surface area (Å²) in [5.74, 6) is 0.0794. The van der Waals surface area contributed by atoms with Crippen molar-refractivity contribution < 1.29 is 4.79 Å². The lowest BCUT2D eigenvalue weighted by molar-refractivity contribution is -0.120. The average molecular weight is 242 g/mol. The fraction of sp³-hybridized carbons (Fsp3) is 0.300. The standard InChI is InChI=1S/C10H12BrNO/c1-2-10(13)12-7-8-5-3-4-6-9(8)11/h3-6H,2,7H2,1H3,(H,12,13). The predicted molar refractivity (Wildman–Crippen MR) is 56.3 cm³/mol. The van der Waals surface area contributed by atoms with Crippen LogP contribution >= 0.6 is 15.9 Å². The molecule has 0 spiro atoms. The second-order valence-corrected chi connectivity index (χ2v) is 3.58. The van der Waals surface area contributed by atoms with Crippen molar-refractivity contribution >= 4 is 21.8 Å². The molecule has 0 aliphatic carbocycles. The molecule has 0 bridgehead atoms. The molecular formula is C10H12BrNO. The van der Waals surface area contributed by atoms with Crippen LogP contribution in [0.5, 0.6) is 0 Å². The normalized spacial score (nSPS) is 9.69. The minimum absolute atomic E-state index is 0.0794. The monoisotopic (exact) mass is 241 g/mol. The van der Waals surface area contributed by atoms with Gasteiger partial charge < -0.3 is 5.32 Å². The first-order valence-electron chi connectivity index (χ1n) is 4.24. The van der Waals surface area contributed by atoms with E-state index in [0.717, 1.165) is 10.0 Å². The van der Waals surface area contributed by atoms with Crippen molar-refractivity contribution in [1.29, 1.82) is 0 Å². The smallest absolute Gasteiger partial charge is 0.219 e. The molecule has 0 radical (unpaired) electrons. The van der Waals surface area contributed by atoms with Gasteiger partial charge in [0, 0.05) is 17.4 Å². The summed E-state index contributed by atoms with van der Waals surface area (Å²) in [6.45, 7) is 2.43. The van der Waals surface area contributed by atoms with Gasteiger partial charge in [-0.1, -0.05) is 41.1 Å². The predicted octanol–water partition coefficient (Wildman–Crippen LogP) is 2.48. The van der Waals surface area contributed by atoms with E-state index in [1.54, 1.807) is 0 Å². The lowest BCUT2D eigenvalue weighted by Crippen LogP contribution is -2.21. The van der Waals surface area contributed by atoms with E-state index in [4.69, 9.17) is 0 Å². The van der Waals surface area contributed by atoms with E-state index < -0.39 is 0 Å². The highest BCUT2D eigenvalue weighted by molar-refractivity contribution is 9.10. The summed E-state index contributed by atoms with van der Waals surface area (Å²) >= 11 is 3.42. The molecule has 0 unspecified atom stereocenters. The number of carbonyl (C=O) groups is 1. The Morgan fingerprint density at radius 1 is 1.46 bits per heavy atom. The molecule has 13 heavy (non-hydrogen) atoms. The quantitative estimate of drug-likeness (QED) is 0.866. The van der Waals surface area contributed by atoms with Gasteiger partial charge in [0.25, 0.3) is 0 Å². The third-order valence-corrected chi connectivity index (χ3v) is 2.53. The van der Waals surface area contributed by atoms with Crippen LogP contribution in [0.2, 0.25) is 0 Å². The first-order valence-corrected chi connectivity index (χ1v) is 5.03. The summed E-state index contributed by atoms with van der Waals surface area (Å²) in [6, 6.07) is 7.86. The zero-order valence-corrected chi connectivity index (χ0v) is 9.10. The Hall–Kier alpha value is -0.830. The second-order valence-electron chi connectivity index (χ2n) is 2.72. The van der Waals surface area contributed by atoms with E-state index in [2.05, 4.69) is 21.2 Å². The molecule has 0 saturated carbocycles. The fourth-order valence-corrected chi connectivity index (χ4v) is 1.39. The van der Waals surface area contributed by atoms with Crippen LogP contribution in [0.3, 0.4) is 0 Å². The minimum atomic E-state index is 0.0794. The molecule has 0 saturated heterocycles. The summed E-state index contributed by atoms with van der Waals surface area (Å²) in [5, 5.41) is 2.82. The molecule has 0 aliphatic heterocycles. The SMILES string of the molecule is CCC(=O)NCc1ccccc1Br. The first-order chi connectivity index (χ1) is 6.24. The van der Waals surface area contributed by atoms with Gasteiger partial charge in [0.2, 0.25) is 5.91 Å². The molecule has 1 amide bonds. The molecule has 0 aromatic heterocycles. The highest BCUT2D eigenvalue weighted by atomic mass is 79.9. The number of hydrogen-bond acceptors (Lipinski definition) is 1. The molecule has 3 heteroatoms. The molecule has 0 atom stereocenters. The molecule has 1 aromatic carbocycles. The van der Waals surface area contributed by atoms with Gasteiger partial charge >= 0.3 is 0 Å². The highest BCUT2D eigenvalue weighted by Crippen LogP contribution is 2.15. The number of benzene rings is 1. The molecule has 70 valence electrons. The first kappa shape index (κ1) is 10.3. The van der Waals surface area contributed by atoms with Gasteiger partial charge in [-0.05, 0) is 11.6 Å². The van der Waals surface area contributed by atoms with Crippen LogP contribution in [0, 0.1) is 0 Å². The fourth-order valence-electron chi connectivity index (χ4n) is 0.961. The van der Waals surface area contributed by atoms with Crippen LogP contribution in [0.15, 0.2) is 28.7 Å². The van der Waals surface area contributed by atoms with Gasteiger partial charge in [0.1, 0.15) is 0 Å². The Kier molecular flexibility index (Phi) is 3.96. The molecule has 0 heterocycles. The summed E-state index contributed by atoms with van der Waals surface area (Å²) in [6.07, 6.45) is 0.532. The van der Waals surface area contributed by atoms with Crippen LogP contribution < -0.4 is 5.32 Å². The van der Waals surface area contributed by atoms with Crippen LogP contribution in [0.4, 0.5) is 0 Å². The van der Waals surface area contributed by atoms with Crippen LogP contribution in [-0.4, -0.2) is 5.91 Å². The lowest BCUT2D eigenvalue weighted by atomic mass is 10.2. The molecule has 0 aliphatic rings. The van der Waals surface area contributed by atoms with E-state index >= 15 is 0 Å².